The molecule has 0 N–H and O–H groups in total. The molecule has 8 bridgehead atoms. The fourth-order valence-electron chi connectivity index (χ4n) is 7.41. The number of fused-ring (bicyclic) bond motifs is 4. The summed E-state index contributed by atoms with van der Waals surface area (Å²) >= 11 is 0. The number of benzene rings is 4. The zero-order chi connectivity index (χ0) is 39.3. The Labute approximate surface area is 336 Å². The maximum Gasteiger partial charge on any atom is 0.129 e. The molecule has 5 heterocycles. The molecule has 0 aromatic heterocycles. The lowest BCUT2D eigenvalue weighted by Gasteiger charge is -2.13. The van der Waals surface area contributed by atoms with Gasteiger partial charge in [0.05, 0.1) is 45.6 Å². The summed E-state index contributed by atoms with van der Waals surface area (Å²) in [6.45, 7) is 13.1. The largest absolute Gasteiger partial charge is 0.248 e. The van der Waals surface area contributed by atoms with Crippen LogP contribution in [0.15, 0.2) is 188 Å². The number of nitrogens with zero attached hydrogens (tertiary/aromatic N) is 4. The summed E-state index contributed by atoms with van der Waals surface area (Å²) in [5.41, 5.74) is 23.0. The Morgan fingerprint density at radius 2 is 0.614 bits per heavy atom. The first-order chi connectivity index (χ1) is 27.6. The predicted octanol–water partition coefficient (Wildman–Crippen LogP) is 11.8. The molecule has 5 heteroatoms. The van der Waals surface area contributed by atoms with E-state index in [0.29, 0.717) is 0 Å². The van der Waals surface area contributed by atoms with E-state index in [1.54, 1.807) is 0 Å². The van der Waals surface area contributed by atoms with Gasteiger partial charge in [-0.05, 0) is 104 Å². The van der Waals surface area contributed by atoms with Crippen molar-refractivity contribution in [2.45, 2.75) is 40.4 Å². The van der Waals surface area contributed by atoms with Gasteiger partial charge in [0.25, 0.3) is 0 Å². The first-order valence-electron chi connectivity index (χ1n) is 19.5. The van der Waals surface area contributed by atoms with Crippen LogP contribution in [0, 0.1) is 32.2 Å². The van der Waals surface area contributed by atoms with Crippen LogP contribution in [0.5, 0.6) is 0 Å². The molecular weight excluding hydrogens is 709 g/mol. The molecular formula is C52H42N4Si. The molecule has 0 spiro atoms. The highest BCUT2D eigenvalue weighted by Crippen LogP contribution is 2.38. The van der Waals surface area contributed by atoms with Crippen LogP contribution in [-0.4, -0.2) is 30.9 Å². The average molecular weight is 751 g/mol. The van der Waals surface area contributed by atoms with Crippen LogP contribution in [0.25, 0.3) is 22.3 Å². The van der Waals surface area contributed by atoms with Gasteiger partial charge in [-0.2, -0.15) is 0 Å². The molecule has 0 saturated carbocycles. The van der Waals surface area contributed by atoms with Crippen LogP contribution in [0.1, 0.15) is 44.5 Å². The maximum absolute atomic E-state index is 5.42. The van der Waals surface area contributed by atoms with Crippen LogP contribution in [0.2, 0.25) is 19.6 Å². The smallest absolute Gasteiger partial charge is 0.129 e. The van der Waals surface area contributed by atoms with E-state index in [2.05, 4.69) is 198 Å². The SMILES string of the molecule is Cc1ccc(C2=C3C=CC(=N3)C(c3ccc(C)cc3)=C3C=CC(=N3)C(c3ccc(C#C[Si](C)(C)C)cc3)=C3C=CC(=N3)C(c3ccc(C)cc3)=C3C=CC2=N3)cc1. The molecule has 5 aliphatic heterocycles. The standard InChI is InChI=1S/C52H42N4Si/c1-33-7-15-37(16-8-33)49-41-23-25-43(53-41)50(38-17-9-34(2)10-18-38)45-27-29-47(55-45)52(40-21-13-36(14-22-40)31-32-57(4,5)6)48-30-28-46(56-48)51(44-26-24-42(49)54-44)39-19-11-35(3)12-20-39/h7-30H,1-6H3. The minimum Gasteiger partial charge on any atom is -0.248 e. The molecule has 57 heavy (non-hydrogen) atoms. The van der Waals surface area contributed by atoms with Gasteiger partial charge in [-0.1, -0.05) is 127 Å². The Kier molecular flexibility index (Phi) is 9.08. The van der Waals surface area contributed by atoms with Crippen molar-refractivity contribution in [3.63, 3.8) is 0 Å². The van der Waals surface area contributed by atoms with Crippen molar-refractivity contribution >= 4 is 53.2 Å². The van der Waals surface area contributed by atoms with Gasteiger partial charge in [-0.25, -0.2) is 20.0 Å². The molecule has 9 rings (SSSR count). The summed E-state index contributed by atoms with van der Waals surface area (Å²) in [5.74, 6) is 3.42. The van der Waals surface area contributed by atoms with Crippen LogP contribution in [0.3, 0.4) is 0 Å². The molecule has 0 aliphatic carbocycles. The zero-order valence-corrected chi connectivity index (χ0v) is 34.1. The van der Waals surface area contributed by atoms with Crippen LogP contribution in [0.4, 0.5) is 0 Å². The first kappa shape index (κ1) is 35.9. The number of hydrogen-bond donors (Lipinski definition) is 0. The summed E-state index contributed by atoms with van der Waals surface area (Å²) in [7, 11) is -1.53. The lowest BCUT2D eigenvalue weighted by Crippen LogP contribution is -2.16. The van der Waals surface area contributed by atoms with Gasteiger partial charge in [0.15, 0.2) is 0 Å². The maximum atomic E-state index is 5.42. The van der Waals surface area contributed by atoms with Gasteiger partial charge in [0.1, 0.15) is 8.07 Å². The normalized spacial score (nSPS) is 17.0. The molecule has 4 aromatic rings. The van der Waals surface area contributed by atoms with Gasteiger partial charge < -0.3 is 0 Å². The van der Waals surface area contributed by atoms with Gasteiger partial charge in [0, 0.05) is 27.9 Å². The van der Waals surface area contributed by atoms with Crippen molar-refractivity contribution in [1.82, 2.24) is 0 Å². The highest BCUT2D eigenvalue weighted by atomic mass is 28.3. The van der Waals surface area contributed by atoms with Crippen molar-refractivity contribution in [2.75, 3.05) is 0 Å². The van der Waals surface area contributed by atoms with Crippen molar-refractivity contribution < 1.29 is 0 Å². The summed E-state index contributed by atoms with van der Waals surface area (Å²) < 4.78 is 0. The summed E-state index contributed by atoms with van der Waals surface area (Å²) in [6.07, 6.45) is 17.0. The van der Waals surface area contributed by atoms with Gasteiger partial charge in [-0.15, -0.1) is 5.54 Å². The molecule has 0 fully saturated rings. The average Bonchev–Trinajstić information content (AvgIpc) is 4.04. The first-order valence-corrected chi connectivity index (χ1v) is 23.0. The lowest BCUT2D eigenvalue weighted by atomic mass is 9.97. The van der Waals surface area contributed by atoms with Crippen molar-refractivity contribution in [2.24, 2.45) is 20.0 Å². The monoisotopic (exact) mass is 750 g/mol. The van der Waals surface area contributed by atoms with E-state index in [0.717, 1.165) is 95.7 Å². The fourth-order valence-corrected chi connectivity index (χ4v) is 7.93. The minimum absolute atomic E-state index is 0.844. The van der Waals surface area contributed by atoms with Crippen LogP contribution in [-0.2, 0) is 0 Å². The molecule has 4 nitrogen and oxygen atoms in total. The third-order valence-electron chi connectivity index (χ3n) is 10.4. The molecule has 5 aliphatic rings. The Morgan fingerprint density at radius 3 is 0.877 bits per heavy atom. The number of allylic oxidation sites excluding steroid dienone is 12. The van der Waals surface area contributed by atoms with Crippen LogP contribution < -0.4 is 0 Å². The Balaban J connectivity index is 1.33. The van der Waals surface area contributed by atoms with Crippen LogP contribution >= 0.6 is 0 Å². The second-order valence-electron chi connectivity index (χ2n) is 16.0. The summed E-state index contributed by atoms with van der Waals surface area (Å²) in [6, 6.07) is 34.4. The third-order valence-corrected chi connectivity index (χ3v) is 11.3. The summed E-state index contributed by atoms with van der Waals surface area (Å²) in [4.78, 5) is 21.6. The molecule has 274 valence electrons. The van der Waals surface area contributed by atoms with E-state index in [9.17, 15) is 0 Å². The zero-order valence-electron chi connectivity index (χ0n) is 33.1. The quantitative estimate of drug-likeness (QED) is 0.147. The van der Waals surface area contributed by atoms with Gasteiger partial charge in [0.2, 0.25) is 0 Å². The topological polar surface area (TPSA) is 49.4 Å². The highest BCUT2D eigenvalue weighted by Gasteiger charge is 2.27. The Morgan fingerprint density at radius 1 is 0.351 bits per heavy atom. The second-order valence-corrected chi connectivity index (χ2v) is 20.8. The lowest BCUT2D eigenvalue weighted by molar-refractivity contribution is 1.39. The fraction of sp³-hybridized carbons (Fsp3) is 0.115. The third kappa shape index (κ3) is 7.24. The van der Waals surface area contributed by atoms with Crippen molar-refractivity contribution in [3.05, 3.63) is 213 Å². The predicted molar refractivity (Wildman–Crippen MR) is 244 cm³/mol. The van der Waals surface area contributed by atoms with Gasteiger partial charge in [-0.3, -0.25) is 0 Å². The van der Waals surface area contributed by atoms with Crippen molar-refractivity contribution in [1.29, 1.82) is 0 Å². The number of aryl methyl sites for hydroxylation is 3. The van der Waals surface area contributed by atoms with E-state index in [1.807, 2.05) is 0 Å². The van der Waals surface area contributed by atoms with Crippen molar-refractivity contribution in [3.8, 4) is 11.5 Å². The second kappa shape index (κ2) is 14.4. The number of rotatable bonds is 4. The number of hydrogen-bond acceptors (Lipinski definition) is 4. The number of aliphatic imine (C=N–C) groups is 4. The Hall–Kier alpha value is -6.74. The van der Waals surface area contributed by atoms with E-state index in [-0.39, 0.29) is 0 Å². The van der Waals surface area contributed by atoms with E-state index >= 15 is 0 Å². The molecule has 0 saturated heterocycles. The molecule has 0 amide bonds. The van der Waals surface area contributed by atoms with Gasteiger partial charge >= 0.3 is 0 Å². The Bertz CT molecular complexity index is 2780. The van der Waals surface area contributed by atoms with E-state index in [4.69, 9.17) is 20.0 Å². The van der Waals surface area contributed by atoms with E-state index in [1.165, 1.54) is 16.7 Å². The molecule has 0 atom stereocenters. The highest BCUT2D eigenvalue weighted by molar-refractivity contribution is 6.83. The summed E-state index contributed by atoms with van der Waals surface area (Å²) in [5, 5.41) is 0. The molecule has 4 aromatic carbocycles. The molecule has 0 unspecified atom stereocenters. The molecule has 0 radical (unpaired) electrons. The van der Waals surface area contributed by atoms with E-state index < -0.39 is 8.07 Å². The minimum atomic E-state index is -1.53.